The molecule has 0 aromatic heterocycles. The number of methoxy groups -OCH3 is 1. The molecule has 1 heterocycles. The van der Waals surface area contributed by atoms with Crippen molar-refractivity contribution in [2.24, 2.45) is 5.92 Å². The minimum atomic E-state index is -0.0666. The van der Waals surface area contributed by atoms with Crippen molar-refractivity contribution in [3.8, 4) is 0 Å². The van der Waals surface area contributed by atoms with Crippen LogP contribution in [0.3, 0.4) is 0 Å². The summed E-state index contributed by atoms with van der Waals surface area (Å²) in [7, 11) is 1.67. The molecule has 2 amide bonds. The summed E-state index contributed by atoms with van der Waals surface area (Å²) in [5.74, 6) is 0.825. The molecule has 0 aromatic carbocycles. The van der Waals surface area contributed by atoms with Crippen LogP contribution in [0.5, 0.6) is 0 Å². The van der Waals surface area contributed by atoms with Crippen LogP contribution in [0.1, 0.15) is 32.6 Å². The Hall–Kier alpha value is -0.810. The molecule has 1 atom stereocenters. The van der Waals surface area contributed by atoms with Gasteiger partial charge in [-0.2, -0.15) is 0 Å². The molecule has 0 bridgehead atoms. The lowest BCUT2D eigenvalue weighted by Gasteiger charge is -2.30. The maximum Gasteiger partial charge on any atom is 0.314 e. The Bertz CT molecular complexity index is 249. The van der Waals surface area contributed by atoms with Gasteiger partial charge in [-0.1, -0.05) is 6.92 Å². The Morgan fingerprint density at radius 3 is 2.74 bits per heavy atom. The van der Waals surface area contributed by atoms with E-state index in [0.29, 0.717) is 13.2 Å². The predicted octanol–water partition coefficient (Wildman–Crippen LogP) is 1.44. The van der Waals surface area contributed by atoms with Crippen molar-refractivity contribution < 1.29 is 9.53 Å². The molecule has 0 saturated carbocycles. The lowest BCUT2D eigenvalue weighted by Crippen LogP contribution is -2.39. The van der Waals surface area contributed by atoms with Gasteiger partial charge in [0, 0.05) is 33.4 Å². The third kappa shape index (κ3) is 8.06. The van der Waals surface area contributed by atoms with E-state index in [1.165, 1.54) is 25.9 Å². The molecule has 0 radical (unpaired) electrons. The summed E-state index contributed by atoms with van der Waals surface area (Å²) >= 11 is 0. The molecule has 0 aliphatic carbocycles. The van der Waals surface area contributed by atoms with Gasteiger partial charge in [-0.05, 0) is 44.7 Å². The molecule has 1 aliphatic rings. The van der Waals surface area contributed by atoms with Crippen LogP contribution < -0.4 is 10.6 Å². The highest BCUT2D eigenvalue weighted by Gasteiger charge is 2.15. The molecule has 5 nitrogen and oxygen atoms in total. The summed E-state index contributed by atoms with van der Waals surface area (Å²) in [6.45, 7) is 7.95. The van der Waals surface area contributed by atoms with Crippen molar-refractivity contribution in [2.45, 2.75) is 32.6 Å². The molecule has 0 spiro atoms. The number of carbonyl (C=O) groups is 1. The van der Waals surface area contributed by atoms with E-state index in [-0.39, 0.29) is 6.03 Å². The van der Waals surface area contributed by atoms with Gasteiger partial charge < -0.3 is 20.3 Å². The molecule has 1 fully saturated rings. The van der Waals surface area contributed by atoms with Crippen molar-refractivity contribution in [3.63, 3.8) is 0 Å². The number of nitrogens with one attached hydrogen (secondary N) is 2. The van der Waals surface area contributed by atoms with Crippen molar-refractivity contribution in [1.82, 2.24) is 15.5 Å². The highest BCUT2D eigenvalue weighted by Crippen LogP contribution is 2.15. The van der Waals surface area contributed by atoms with Crippen LogP contribution in [-0.2, 0) is 4.74 Å². The van der Waals surface area contributed by atoms with Gasteiger partial charge in [-0.15, -0.1) is 0 Å². The average molecular weight is 271 g/mol. The summed E-state index contributed by atoms with van der Waals surface area (Å²) in [5.41, 5.74) is 0. The topological polar surface area (TPSA) is 53.6 Å². The van der Waals surface area contributed by atoms with Crippen LogP contribution in [-0.4, -0.2) is 57.4 Å². The first kappa shape index (κ1) is 16.2. The Kier molecular flexibility index (Phi) is 8.58. The number of hydrogen-bond acceptors (Lipinski definition) is 3. The second-order valence-corrected chi connectivity index (χ2v) is 5.43. The fourth-order valence-corrected chi connectivity index (χ4v) is 2.48. The number of rotatable bonds is 8. The van der Waals surface area contributed by atoms with Crippen molar-refractivity contribution >= 4 is 6.03 Å². The van der Waals surface area contributed by atoms with Crippen LogP contribution >= 0.6 is 0 Å². The van der Waals surface area contributed by atoms with Gasteiger partial charge in [0.25, 0.3) is 0 Å². The minimum Gasteiger partial charge on any atom is -0.385 e. The molecule has 1 saturated heterocycles. The highest BCUT2D eigenvalue weighted by molar-refractivity contribution is 5.73. The van der Waals surface area contributed by atoms with Crippen LogP contribution in [0.15, 0.2) is 0 Å². The first-order chi connectivity index (χ1) is 9.22. The summed E-state index contributed by atoms with van der Waals surface area (Å²) in [6, 6.07) is -0.0666. The zero-order valence-corrected chi connectivity index (χ0v) is 12.4. The van der Waals surface area contributed by atoms with Crippen LogP contribution in [0.2, 0.25) is 0 Å². The second-order valence-electron chi connectivity index (χ2n) is 5.43. The van der Waals surface area contributed by atoms with Gasteiger partial charge in [-0.25, -0.2) is 4.79 Å². The molecular formula is C14H29N3O2. The normalized spacial score (nSPS) is 20.2. The van der Waals surface area contributed by atoms with E-state index in [1.54, 1.807) is 7.11 Å². The summed E-state index contributed by atoms with van der Waals surface area (Å²) < 4.78 is 4.92. The summed E-state index contributed by atoms with van der Waals surface area (Å²) in [5, 5.41) is 5.71. The molecule has 0 aromatic rings. The fourth-order valence-electron chi connectivity index (χ4n) is 2.48. The smallest absolute Gasteiger partial charge is 0.314 e. The van der Waals surface area contributed by atoms with Crippen LogP contribution in [0.4, 0.5) is 4.79 Å². The van der Waals surface area contributed by atoms with Gasteiger partial charge in [0.2, 0.25) is 0 Å². The van der Waals surface area contributed by atoms with E-state index in [2.05, 4.69) is 22.5 Å². The molecule has 19 heavy (non-hydrogen) atoms. The van der Waals surface area contributed by atoms with Gasteiger partial charge in [0.15, 0.2) is 0 Å². The SMILES string of the molecule is COCCCNC(=O)NCCCN1CCCC(C)C1. The highest BCUT2D eigenvalue weighted by atomic mass is 16.5. The number of piperidine rings is 1. The number of urea groups is 1. The van der Waals surface area contributed by atoms with E-state index < -0.39 is 0 Å². The van der Waals surface area contributed by atoms with Gasteiger partial charge in [-0.3, -0.25) is 0 Å². The second kappa shape index (κ2) is 10.0. The standard InChI is InChI=1S/C14H29N3O2/c1-13-6-3-9-17(12-13)10-4-7-15-14(18)16-8-5-11-19-2/h13H,3-12H2,1-2H3,(H2,15,16,18). The van der Waals surface area contributed by atoms with Crippen molar-refractivity contribution in [2.75, 3.05) is 46.4 Å². The number of hydrogen-bond donors (Lipinski definition) is 2. The summed E-state index contributed by atoms with van der Waals surface area (Å²) in [6.07, 6.45) is 4.56. The Morgan fingerprint density at radius 2 is 2.05 bits per heavy atom. The number of ether oxygens (including phenoxy) is 1. The third-order valence-corrected chi connectivity index (χ3v) is 3.49. The molecule has 1 aliphatic heterocycles. The zero-order chi connectivity index (χ0) is 13.9. The lowest BCUT2D eigenvalue weighted by atomic mass is 10.0. The number of nitrogens with zero attached hydrogens (tertiary/aromatic N) is 1. The average Bonchev–Trinajstić information content (AvgIpc) is 2.40. The monoisotopic (exact) mass is 271 g/mol. The van der Waals surface area contributed by atoms with Crippen molar-refractivity contribution in [3.05, 3.63) is 0 Å². The third-order valence-electron chi connectivity index (χ3n) is 3.49. The number of likely N-dealkylation sites (tertiary alicyclic amines) is 1. The fraction of sp³-hybridized carbons (Fsp3) is 0.929. The van der Waals surface area contributed by atoms with Crippen molar-refractivity contribution in [1.29, 1.82) is 0 Å². The quantitative estimate of drug-likeness (QED) is 0.657. The van der Waals surface area contributed by atoms with E-state index in [1.807, 2.05) is 0 Å². The number of amides is 2. The van der Waals surface area contributed by atoms with Crippen LogP contribution in [0.25, 0.3) is 0 Å². The molecule has 2 N–H and O–H groups in total. The molecule has 5 heteroatoms. The molecular weight excluding hydrogens is 242 g/mol. The van der Waals surface area contributed by atoms with E-state index in [0.717, 1.165) is 31.8 Å². The van der Waals surface area contributed by atoms with E-state index >= 15 is 0 Å². The lowest BCUT2D eigenvalue weighted by molar-refractivity contribution is 0.181. The minimum absolute atomic E-state index is 0.0666. The van der Waals surface area contributed by atoms with E-state index in [4.69, 9.17) is 4.74 Å². The zero-order valence-electron chi connectivity index (χ0n) is 12.4. The van der Waals surface area contributed by atoms with E-state index in [9.17, 15) is 4.79 Å². The Labute approximate surface area is 117 Å². The Morgan fingerprint density at radius 1 is 1.32 bits per heavy atom. The largest absolute Gasteiger partial charge is 0.385 e. The van der Waals surface area contributed by atoms with Gasteiger partial charge in [0.1, 0.15) is 0 Å². The Balaban J connectivity index is 1.93. The summed E-state index contributed by atoms with van der Waals surface area (Å²) in [4.78, 5) is 13.9. The molecule has 112 valence electrons. The van der Waals surface area contributed by atoms with Gasteiger partial charge >= 0.3 is 6.03 Å². The molecule has 1 rings (SSSR count). The van der Waals surface area contributed by atoms with Crippen LogP contribution in [0, 0.1) is 5.92 Å². The first-order valence-electron chi connectivity index (χ1n) is 7.45. The maximum atomic E-state index is 11.4. The molecule has 1 unspecified atom stereocenters. The predicted molar refractivity (Wildman–Crippen MR) is 77.3 cm³/mol. The first-order valence-corrected chi connectivity index (χ1v) is 7.45. The maximum absolute atomic E-state index is 11.4. The number of carbonyl (C=O) groups excluding carboxylic acids is 1. The van der Waals surface area contributed by atoms with Gasteiger partial charge in [0.05, 0.1) is 0 Å².